The van der Waals surface area contributed by atoms with E-state index in [0.717, 1.165) is 27.6 Å². The Labute approximate surface area is 158 Å². The number of nitrogens with zero attached hydrogens (tertiary/aromatic N) is 1. The van der Waals surface area contributed by atoms with Crippen molar-refractivity contribution in [2.45, 2.75) is 44.6 Å². The number of para-hydroxylation sites is 1. The first-order valence-corrected chi connectivity index (χ1v) is 10.2. The largest absolute Gasteiger partial charge is 0.279 e. The Hall–Kier alpha value is -1.92. The number of halogens is 2. The van der Waals surface area contributed by atoms with Crippen molar-refractivity contribution in [3.63, 3.8) is 0 Å². The van der Waals surface area contributed by atoms with Gasteiger partial charge in [-0.3, -0.25) is 9.10 Å². The summed E-state index contributed by atoms with van der Waals surface area (Å²) in [6.45, 7) is 5.27. The van der Waals surface area contributed by atoms with Crippen molar-refractivity contribution in [2.75, 3.05) is 4.31 Å². The second-order valence-corrected chi connectivity index (χ2v) is 8.05. The number of carbonyl (C=O) groups is 1. The highest BCUT2D eigenvalue weighted by molar-refractivity contribution is 7.93. The molecular weight excluding hydrogens is 377 g/mol. The van der Waals surface area contributed by atoms with E-state index in [1.807, 2.05) is 32.0 Å². The summed E-state index contributed by atoms with van der Waals surface area (Å²) in [6, 6.07) is 8.92. The van der Waals surface area contributed by atoms with Gasteiger partial charge in [-0.05, 0) is 66.8 Å². The highest BCUT2D eigenvalue weighted by Gasteiger charge is 2.35. The second kappa shape index (κ2) is 8.18. The van der Waals surface area contributed by atoms with Crippen LogP contribution in [0.25, 0.3) is 0 Å². The molecule has 0 spiro atoms. The van der Waals surface area contributed by atoms with Gasteiger partial charge in [-0.1, -0.05) is 32.0 Å². The number of rotatable bonds is 7. The smallest absolute Gasteiger partial charge is 0.265 e. The van der Waals surface area contributed by atoms with E-state index < -0.39 is 27.1 Å². The predicted molar refractivity (Wildman–Crippen MR) is 102 cm³/mol. The van der Waals surface area contributed by atoms with Crippen molar-refractivity contribution in [1.29, 1.82) is 0 Å². The lowest BCUT2D eigenvalue weighted by Crippen LogP contribution is -2.43. The van der Waals surface area contributed by atoms with Crippen LogP contribution in [-0.4, -0.2) is 19.7 Å². The van der Waals surface area contributed by atoms with Gasteiger partial charge in [0.15, 0.2) is 0 Å². The van der Waals surface area contributed by atoms with Gasteiger partial charge < -0.3 is 0 Å². The molecule has 0 aliphatic rings. The van der Waals surface area contributed by atoms with Gasteiger partial charge >= 0.3 is 0 Å². The number of hydrogen-bond donors (Lipinski definition) is 0. The molecule has 140 valence electrons. The quantitative estimate of drug-likeness (QED) is 0.654. The Morgan fingerprint density at radius 3 is 2.00 bits per heavy atom. The Bertz CT molecular complexity index is 875. The summed E-state index contributed by atoms with van der Waals surface area (Å²) in [7, 11) is -4.12. The summed E-state index contributed by atoms with van der Waals surface area (Å²) in [5.74, 6) is -0.542. The summed E-state index contributed by atoms with van der Waals surface area (Å²) >= 11 is 5.68. The number of carbonyl (C=O) groups excluding carboxylic acids is 1. The van der Waals surface area contributed by atoms with Gasteiger partial charge in [0.25, 0.3) is 10.0 Å². The van der Waals surface area contributed by atoms with Gasteiger partial charge in [-0.2, -0.15) is 0 Å². The maximum absolute atomic E-state index is 13.3. The maximum Gasteiger partial charge on any atom is 0.265 e. The first-order valence-electron chi connectivity index (χ1n) is 8.34. The molecule has 1 unspecified atom stereocenters. The molecule has 2 aromatic rings. The zero-order valence-corrected chi connectivity index (χ0v) is 16.4. The van der Waals surface area contributed by atoms with Crippen LogP contribution in [0, 0.1) is 5.82 Å². The first-order chi connectivity index (χ1) is 12.2. The summed E-state index contributed by atoms with van der Waals surface area (Å²) < 4.78 is 40.9. The third-order valence-electron chi connectivity index (χ3n) is 4.24. The van der Waals surface area contributed by atoms with Gasteiger partial charge in [-0.25, -0.2) is 12.8 Å². The minimum Gasteiger partial charge on any atom is -0.279 e. The zero-order valence-electron chi connectivity index (χ0n) is 14.9. The topological polar surface area (TPSA) is 54.5 Å². The molecule has 0 fully saturated rings. The molecule has 0 amide bonds. The van der Waals surface area contributed by atoms with Gasteiger partial charge in [0, 0.05) is 0 Å². The van der Waals surface area contributed by atoms with Crippen LogP contribution in [0.15, 0.2) is 47.4 Å². The fourth-order valence-electron chi connectivity index (χ4n) is 2.83. The number of sulfonamides is 1. The molecule has 0 saturated heterocycles. The maximum atomic E-state index is 13.3. The molecule has 0 aromatic heterocycles. The monoisotopic (exact) mass is 397 g/mol. The molecule has 2 aromatic carbocycles. The van der Waals surface area contributed by atoms with Gasteiger partial charge in [0.1, 0.15) is 11.9 Å². The molecular formula is C19H21ClFNO3S. The average Bonchev–Trinajstić information content (AvgIpc) is 2.61. The molecule has 0 bridgehead atoms. The van der Waals surface area contributed by atoms with Crippen molar-refractivity contribution in [1.82, 2.24) is 0 Å². The Kier molecular flexibility index (Phi) is 6.42. The molecule has 4 nitrogen and oxygen atoms in total. The highest BCUT2D eigenvalue weighted by atomic mass is 35.5. The minimum atomic E-state index is -4.12. The molecule has 0 radical (unpaired) electrons. The number of aryl methyl sites for hydroxylation is 2. The van der Waals surface area contributed by atoms with E-state index >= 15 is 0 Å². The number of hydrogen-bond acceptors (Lipinski definition) is 3. The van der Waals surface area contributed by atoms with Crippen LogP contribution < -0.4 is 4.31 Å². The van der Waals surface area contributed by atoms with Gasteiger partial charge in [0.2, 0.25) is 5.24 Å². The Morgan fingerprint density at radius 1 is 1.08 bits per heavy atom. The van der Waals surface area contributed by atoms with E-state index in [1.54, 1.807) is 0 Å². The number of benzene rings is 2. The average molecular weight is 398 g/mol. The third-order valence-corrected chi connectivity index (χ3v) is 6.44. The molecule has 0 saturated carbocycles. The highest BCUT2D eigenvalue weighted by Crippen LogP contribution is 2.34. The van der Waals surface area contributed by atoms with Crippen molar-refractivity contribution in [2.24, 2.45) is 0 Å². The van der Waals surface area contributed by atoms with E-state index in [9.17, 15) is 17.6 Å². The summed E-state index contributed by atoms with van der Waals surface area (Å²) in [5, 5.41) is -0.788. The van der Waals surface area contributed by atoms with E-state index in [0.29, 0.717) is 18.5 Å². The summed E-state index contributed by atoms with van der Waals surface area (Å²) in [4.78, 5) is 11.8. The van der Waals surface area contributed by atoms with Gasteiger partial charge in [-0.15, -0.1) is 0 Å². The lowest BCUT2D eigenvalue weighted by Gasteiger charge is -2.32. The summed E-state index contributed by atoms with van der Waals surface area (Å²) in [5.41, 5.74) is 2.04. The van der Waals surface area contributed by atoms with Crippen LogP contribution in [-0.2, 0) is 27.7 Å². The molecule has 0 aliphatic heterocycles. The molecule has 0 heterocycles. The van der Waals surface area contributed by atoms with Crippen LogP contribution in [0.1, 0.15) is 31.9 Å². The van der Waals surface area contributed by atoms with Crippen LogP contribution in [0.2, 0.25) is 0 Å². The first kappa shape index (κ1) is 20.4. The van der Waals surface area contributed by atoms with Crippen LogP contribution >= 0.6 is 11.6 Å². The van der Waals surface area contributed by atoms with E-state index in [-0.39, 0.29) is 4.90 Å². The lowest BCUT2D eigenvalue weighted by molar-refractivity contribution is -0.112. The SMILES string of the molecule is CCc1cccc(CC)c1N(C(C)C(=O)Cl)S(=O)(=O)c1ccc(F)cc1. The van der Waals surface area contributed by atoms with Crippen LogP contribution in [0.4, 0.5) is 10.1 Å². The van der Waals surface area contributed by atoms with Crippen molar-refractivity contribution in [3.8, 4) is 0 Å². The predicted octanol–water partition coefficient (Wildman–Crippen LogP) is 4.30. The van der Waals surface area contributed by atoms with Crippen LogP contribution in [0.5, 0.6) is 0 Å². The molecule has 26 heavy (non-hydrogen) atoms. The standard InChI is InChI=1S/C19H21ClFNO3S/c1-4-14-7-6-8-15(5-2)18(14)22(13(3)19(20)23)26(24,25)17-11-9-16(21)10-12-17/h6-13H,4-5H2,1-3H3. The fraction of sp³-hybridized carbons (Fsp3) is 0.316. The van der Waals surface area contributed by atoms with E-state index in [2.05, 4.69) is 0 Å². The van der Waals surface area contributed by atoms with Gasteiger partial charge in [0.05, 0.1) is 10.6 Å². The van der Waals surface area contributed by atoms with Crippen molar-refractivity contribution >= 4 is 32.6 Å². The van der Waals surface area contributed by atoms with Crippen molar-refractivity contribution in [3.05, 3.63) is 59.4 Å². The third kappa shape index (κ3) is 3.91. The zero-order chi connectivity index (χ0) is 19.5. The lowest BCUT2D eigenvalue weighted by atomic mass is 10.0. The Balaban J connectivity index is 2.77. The van der Waals surface area contributed by atoms with E-state index in [4.69, 9.17) is 11.6 Å². The minimum absolute atomic E-state index is 0.100. The number of anilines is 1. The molecule has 0 aliphatic carbocycles. The molecule has 7 heteroatoms. The van der Waals surface area contributed by atoms with Crippen LogP contribution in [0.3, 0.4) is 0 Å². The Morgan fingerprint density at radius 2 is 1.58 bits per heavy atom. The van der Waals surface area contributed by atoms with E-state index in [1.165, 1.54) is 19.1 Å². The normalized spacial score (nSPS) is 12.7. The van der Waals surface area contributed by atoms with Crippen molar-refractivity contribution < 1.29 is 17.6 Å². The molecule has 2 rings (SSSR count). The fourth-order valence-corrected chi connectivity index (χ4v) is 4.68. The summed E-state index contributed by atoms with van der Waals surface area (Å²) in [6.07, 6.45) is 1.17. The second-order valence-electron chi connectivity index (χ2n) is 5.87. The molecule has 1 atom stereocenters. The molecule has 0 N–H and O–H groups in total.